The summed E-state index contributed by atoms with van der Waals surface area (Å²) in [5, 5.41) is 0. The molecule has 2 nitrogen and oxygen atoms in total. The summed E-state index contributed by atoms with van der Waals surface area (Å²) in [6, 6.07) is 8.11. The molecule has 1 aliphatic rings. The molecule has 3 heteroatoms. The van der Waals surface area contributed by atoms with Crippen molar-refractivity contribution in [1.29, 1.82) is 0 Å². The van der Waals surface area contributed by atoms with E-state index in [-0.39, 0.29) is 17.8 Å². The van der Waals surface area contributed by atoms with Gasteiger partial charge in [0.05, 0.1) is 6.04 Å². The molecule has 0 unspecified atom stereocenters. The fourth-order valence-corrected chi connectivity index (χ4v) is 2.30. The number of hydrogen-bond acceptors (Lipinski definition) is 1. The molecule has 0 N–H and O–H groups in total. The molecule has 0 fully saturated rings. The van der Waals surface area contributed by atoms with Crippen LogP contribution in [0.2, 0.25) is 0 Å². The Hall–Kier alpha value is -1.28. The molecule has 98 valence electrons. The molecule has 2 rings (SSSR count). The third-order valence-corrected chi connectivity index (χ3v) is 3.04. The van der Waals surface area contributed by atoms with Gasteiger partial charge in [-0.3, -0.25) is 4.79 Å². The number of carbonyl (C=O) groups is 1. The number of anilines is 1. The van der Waals surface area contributed by atoms with Gasteiger partial charge in [-0.1, -0.05) is 44.2 Å². The first-order valence-corrected chi connectivity index (χ1v) is 6.90. The smallest absolute Gasteiger partial charge is 0.242 e. The van der Waals surface area contributed by atoms with Crippen LogP contribution in [0.3, 0.4) is 0 Å². The van der Waals surface area contributed by atoms with Gasteiger partial charge in [-0.15, -0.1) is 11.6 Å². The summed E-state index contributed by atoms with van der Waals surface area (Å²) in [5.74, 6) is -0.00252. The summed E-state index contributed by atoms with van der Waals surface area (Å²) < 4.78 is 0. The highest BCUT2D eigenvalue weighted by Crippen LogP contribution is 2.32. The Labute approximate surface area is 114 Å². The quantitative estimate of drug-likeness (QED) is 0.589. The van der Waals surface area contributed by atoms with E-state index in [0.29, 0.717) is 0 Å². The SMILES string of the molecule is C/C=C/[C@@H]1Cc2ccccc2N1C(=O)CCl.CC. The van der Waals surface area contributed by atoms with Crippen LogP contribution in [0.4, 0.5) is 5.69 Å². The molecule has 0 aliphatic carbocycles. The molecule has 0 bridgehead atoms. The van der Waals surface area contributed by atoms with Crippen molar-refractivity contribution < 1.29 is 4.79 Å². The second-order valence-electron chi connectivity index (χ2n) is 3.82. The lowest BCUT2D eigenvalue weighted by Crippen LogP contribution is -2.37. The highest BCUT2D eigenvalue weighted by molar-refractivity contribution is 6.29. The van der Waals surface area contributed by atoms with Crippen molar-refractivity contribution in [2.75, 3.05) is 10.8 Å². The van der Waals surface area contributed by atoms with E-state index in [0.717, 1.165) is 12.1 Å². The molecule has 0 saturated heterocycles. The Kier molecular flexibility index (Phi) is 5.93. The maximum absolute atomic E-state index is 11.8. The molecule has 1 aromatic carbocycles. The van der Waals surface area contributed by atoms with Gasteiger partial charge in [-0.2, -0.15) is 0 Å². The van der Waals surface area contributed by atoms with E-state index in [2.05, 4.69) is 6.07 Å². The van der Waals surface area contributed by atoms with Crippen molar-refractivity contribution in [3.05, 3.63) is 42.0 Å². The normalized spacial score (nSPS) is 17.3. The van der Waals surface area contributed by atoms with Gasteiger partial charge >= 0.3 is 0 Å². The van der Waals surface area contributed by atoms with Crippen LogP contribution in [0.15, 0.2) is 36.4 Å². The summed E-state index contributed by atoms with van der Waals surface area (Å²) in [6.45, 7) is 5.96. The third-order valence-electron chi connectivity index (χ3n) is 2.81. The predicted molar refractivity (Wildman–Crippen MR) is 78.3 cm³/mol. The summed E-state index contributed by atoms with van der Waals surface area (Å²) in [4.78, 5) is 13.6. The average molecular weight is 266 g/mol. The van der Waals surface area contributed by atoms with Crippen LogP contribution in [0.5, 0.6) is 0 Å². The number of alkyl halides is 1. The van der Waals surface area contributed by atoms with Crippen molar-refractivity contribution in [3.8, 4) is 0 Å². The van der Waals surface area contributed by atoms with E-state index in [9.17, 15) is 4.79 Å². The van der Waals surface area contributed by atoms with Gasteiger partial charge in [0.15, 0.2) is 0 Å². The molecular weight excluding hydrogens is 246 g/mol. The van der Waals surface area contributed by atoms with Crippen LogP contribution >= 0.6 is 11.6 Å². The number of carbonyl (C=O) groups excluding carboxylic acids is 1. The van der Waals surface area contributed by atoms with E-state index in [1.165, 1.54) is 5.56 Å². The maximum Gasteiger partial charge on any atom is 0.242 e. The Morgan fingerprint density at radius 3 is 2.72 bits per heavy atom. The number of allylic oxidation sites excluding steroid dienone is 1. The maximum atomic E-state index is 11.8. The second-order valence-corrected chi connectivity index (χ2v) is 4.09. The number of para-hydroxylation sites is 1. The number of nitrogens with zero attached hydrogens (tertiary/aromatic N) is 1. The Morgan fingerprint density at radius 1 is 1.44 bits per heavy atom. The highest BCUT2D eigenvalue weighted by atomic mass is 35.5. The van der Waals surface area contributed by atoms with Crippen LogP contribution in [0, 0.1) is 0 Å². The van der Waals surface area contributed by atoms with Gasteiger partial charge in [0.1, 0.15) is 5.88 Å². The largest absolute Gasteiger partial charge is 0.304 e. The number of hydrogen-bond donors (Lipinski definition) is 0. The lowest BCUT2D eigenvalue weighted by Gasteiger charge is -2.22. The minimum absolute atomic E-state index is 0.0301. The van der Waals surface area contributed by atoms with Gasteiger partial charge in [0.25, 0.3) is 0 Å². The fraction of sp³-hybridized carbons (Fsp3) is 0.400. The van der Waals surface area contributed by atoms with Crippen molar-refractivity contribution >= 4 is 23.2 Å². The summed E-state index contributed by atoms with van der Waals surface area (Å²) in [7, 11) is 0. The molecular formula is C15H20ClNO. The second kappa shape index (κ2) is 7.22. The number of halogens is 1. The number of amides is 1. The molecule has 0 spiro atoms. The first-order chi connectivity index (χ1) is 8.77. The van der Waals surface area contributed by atoms with Gasteiger partial charge < -0.3 is 4.90 Å². The molecule has 0 radical (unpaired) electrons. The number of benzene rings is 1. The molecule has 1 aromatic rings. The van der Waals surface area contributed by atoms with Crippen molar-refractivity contribution in [2.45, 2.75) is 33.2 Å². The zero-order valence-electron chi connectivity index (χ0n) is 11.2. The van der Waals surface area contributed by atoms with Crippen LogP contribution in [0.25, 0.3) is 0 Å². The molecule has 1 amide bonds. The van der Waals surface area contributed by atoms with Crippen LogP contribution in [-0.2, 0) is 11.2 Å². The van der Waals surface area contributed by atoms with Crippen molar-refractivity contribution in [3.63, 3.8) is 0 Å². The molecule has 18 heavy (non-hydrogen) atoms. The lowest BCUT2D eigenvalue weighted by atomic mass is 10.1. The Balaban J connectivity index is 0.000000771. The summed E-state index contributed by atoms with van der Waals surface area (Å²) in [5.41, 5.74) is 2.21. The topological polar surface area (TPSA) is 20.3 Å². The number of rotatable bonds is 2. The van der Waals surface area contributed by atoms with Gasteiger partial charge in [0.2, 0.25) is 5.91 Å². The first kappa shape index (κ1) is 14.8. The van der Waals surface area contributed by atoms with Gasteiger partial charge in [0, 0.05) is 5.69 Å². The van der Waals surface area contributed by atoms with Crippen molar-refractivity contribution in [2.24, 2.45) is 0 Å². The molecule has 0 saturated carbocycles. The molecule has 1 aliphatic heterocycles. The standard InChI is InChI=1S/C13H14ClNO.C2H6/c1-2-5-11-8-10-6-3-4-7-12(10)15(11)13(16)9-14;1-2/h2-7,11H,8-9H2,1H3;1-2H3/b5-2+;/t11-;/m1./s1. The Bertz CT molecular complexity index is 428. The highest BCUT2D eigenvalue weighted by Gasteiger charge is 2.30. The predicted octanol–water partition coefficient (Wildman–Crippen LogP) is 3.79. The van der Waals surface area contributed by atoms with E-state index in [4.69, 9.17) is 11.6 Å². The van der Waals surface area contributed by atoms with Crippen LogP contribution < -0.4 is 4.90 Å². The van der Waals surface area contributed by atoms with Gasteiger partial charge in [-0.25, -0.2) is 0 Å². The fourth-order valence-electron chi connectivity index (χ4n) is 2.17. The molecule has 1 atom stereocenters. The van der Waals surface area contributed by atoms with Crippen LogP contribution in [-0.4, -0.2) is 17.8 Å². The average Bonchev–Trinajstić information content (AvgIpc) is 2.78. The number of fused-ring (bicyclic) bond motifs is 1. The summed E-state index contributed by atoms with van der Waals surface area (Å²) >= 11 is 5.65. The first-order valence-electron chi connectivity index (χ1n) is 6.36. The zero-order chi connectivity index (χ0) is 13.5. The Morgan fingerprint density at radius 2 is 2.11 bits per heavy atom. The van der Waals surface area contributed by atoms with E-state index >= 15 is 0 Å². The minimum atomic E-state index is -0.0327. The van der Waals surface area contributed by atoms with Crippen molar-refractivity contribution in [1.82, 2.24) is 0 Å². The zero-order valence-corrected chi connectivity index (χ0v) is 11.9. The van der Waals surface area contributed by atoms with Crippen LogP contribution in [0.1, 0.15) is 26.3 Å². The van der Waals surface area contributed by atoms with E-state index in [1.807, 2.05) is 51.1 Å². The van der Waals surface area contributed by atoms with E-state index in [1.54, 1.807) is 4.90 Å². The minimum Gasteiger partial charge on any atom is -0.304 e. The third kappa shape index (κ3) is 2.94. The molecule has 1 heterocycles. The van der Waals surface area contributed by atoms with E-state index < -0.39 is 0 Å². The lowest BCUT2D eigenvalue weighted by molar-refractivity contribution is -0.116. The monoisotopic (exact) mass is 265 g/mol. The summed E-state index contributed by atoms with van der Waals surface area (Å²) in [6.07, 6.45) is 4.90. The van der Waals surface area contributed by atoms with Gasteiger partial charge in [-0.05, 0) is 25.0 Å². The molecule has 0 aromatic heterocycles.